The van der Waals surface area contributed by atoms with E-state index in [0.717, 1.165) is 11.1 Å². The lowest BCUT2D eigenvalue weighted by Gasteiger charge is -2.27. The Labute approximate surface area is 141 Å². The summed E-state index contributed by atoms with van der Waals surface area (Å²) in [4.78, 5) is 37.4. The second kappa shape index (κ2) is 6.83. The number of carboxylic acid groups (broad SMARTS) is 1. The lowest BCUT2D eigenvalue weighted by Crippen LogP contribution is -2.35. The largest absolute Gasteiger partial charge is 0.481 e. The van der Waals surface area contributed by atoms with E-state index in [9.17, 15) is 19.5 Å². The van der Waals surface area contributed by atoms with Gasteiger partial charge in [0.1, 0.15) is 5.60 Å². The Morgan fingerprint density at radius 2 is 1.67 bits per heavy atom. The topological polar surface area (TPSA) is 93.1 Å². The highest BCUT2D eigenvalue weighted by molar-refractivity contribution is 5.82. The van der Waals surface area contributed by atoms with Crippen LogP contribution in [0.5, 0.6) is 0 Å². The summed E-state index contributed by atoms with van der Waals surface area (Å²) < 4.78 is 10.4. The molecule has 2 atom stereocenters. The van der Waals surface area contributed by atoms with Gasteiger partial charge in [0, 0.05) is 13.1 Å². The van der Waals surface area contributed by atoms with E-state index in [4.69, 9.17) is 9.47 Å². The predicted octanol–water partition coefficient (Wildman–Crippen LogP) is 2.21. The van der Waals surface area contributed by atoms with E-state index < -0.39 is 35.5 Å². The highest BCUT2D eigenvalue weighted by Gasteiger charge is 2.43. The van der Waals surface area contributed by atoms with Crippen LogP contribution in [0.3, 0.4) is 0 Å². The smallest absolute Gasteiger partial charge is 0.410 e. The zero-order valence-corrected chi connectivity index (χ0v) is 14.6. The van der Waals surface area contributed by atoms with Gasteiger partial charge in [0.25, 0.3) is 0 Å². The molecule has 0 spiro atoms. The molecule has 7 heteroatoms. The Morgan fingerprint density at radius 1 is 1.12 bits per heavy atom. The Kier molecular flexibility index (Phi) is 5.20. The molecule has 0 aromatic rings. The van der Waals surface area contributed by atoms with Crippen LogP contribution in [0.15, 0.2) is 11.1 Å². The van der Waals surface area contributed by atoms with Gasteiger partial charge in [-0.25, -0.2) is 4.79 Å². The Hall–Kier alpha value is -2.05. The summed E-state index contributed by atoms with van der Waals surface area (Å²) in [7, 11) is 0. The van der Waals surface area contributed by atoms with Crippen LogP contribution in [0.2, 0.25) is 0 Å². The molecule has 1 aliphatic heterocycles. The number of rotatable bonds is 3. The molecular formula is C17H25NO6. The summed E-state index contributed by atoms with van der Waals surface area (Å²) in [6, 6.07) is 0. The summed E-state index contributed by atoms with van der Waals surface area (Å²) >= 11 is 0. The van der Waals surface area contributed by atoms with Crippen molar-refractivity contribution in [2.24, 2.45) is 11.8 Å². The number of carboxylic acids is 1. The van der Waals surface area contributed by atoms with Crippen LogP contribution in [0.1, 0.15) is 40.5 Å². The zero-order valence-electron chi connectivity index (χ0n) is 14.6. The first-order valence-electron chi connectivity index (χ1n) is 8.19. The first-order valence-corrected chi connectivity index (χ1v) is 8.19. The molecule has 0 radical (unpaired) electrons. The fraction of sp³-hybridized carbons (Fsp3) is 0.706. The molecule has 0 aromatic heterocycles. The number of hydrogen-bond acceptors (Lipinski definition) is 5. The molecule has 1 amide bonds. The zero-order chi connectivity index (χ0) is 18.1. The van der Waals surface area contributed by atoms with Crippen molar-refractivity contribution in [1.29, 1.82) is 0 Å². The van der Waals surface area contributed by atoms with Crippen LogP contribution < -0.4 is 0 Å². The average Bonchev–Trinajstić information content (AvgIpc) is 2.87. The van der Waals surface area contributed by atoms with Gasteiger partial charge in [-0.05, 0) is 51.7 Å². The average molecular weight is 339 g/mol. The summed E-state index contributed by atoms with van der Waals surface area (Å²) in [6.07, 6.45) is 0.175. The third kappa shape index (κ3) is 4.07. The minimum absolute atomic E-state index is 0.220. The van der Waals surface area contributed by atoms with Crippen molar-refractivity contribution in [3.05, 3.63) is 11.1 Å². The van der Waals surface area contributed by atoms with E-state index in [-0.39, 0.29) is 13.0 Å². The fourth-order valence-corrected chi connectivity index (χ4v) is 3.19. The summed E-state index contributed by atoms with van der Waals surface area (Å²) in [5.74, 6) is -2.98. The molecule has 0 bridgehead atoms. The third-order valence-corrected chi connectivity index (χ3v) is 4.24. The van der Waals surface area contributed by atoms with E-state index in [1.165, 1.54) is 0 Å². The van der Waals surface area contributed by atoms with Gasteiger partial charge in [0.05, 0.1) is 18.4 Å². The van der Waals surface area contributed by atoms with Gasteiger partial charge < -0.3 is 19.5 Å². The Morgan fingerprint density at radius 3 is 2.12 bits per heavy atom. The van der Waals surface area contributed by atoms with E-state index >= 15 is 0 Å². The van der Waals surface area contributed by atoms with E-state index in [0.29, 0.717) is 19.5 Å². The molecule has 0 fully saturated rings. The number of amides is 1. The summed E-state index contributed by atoms with van der Waals surface area (Å²) in [5.41, 5.74) is 1.29. The van der Waals surface area contributed by atoms with Crippen LogP contribution in [-0.2, 0) is 19.1 Å². The lowest BCUT2D eigenvalue weighted by molar-refractivity contribution is -0.157. The van der Waals surface area contributed by atoms with Crippen LogP contribution in [0, 0.1) is 11.8 Å². The van der Waals surface area contributed by atoms with Crippen molar-refractivity contribution in [2.45, 2.75) is 46.1 Å². The molecule has 2 aliphatic rings. The number of carbonyl (C=O) groups is 3. The van der Waals surface area contributed by atoms with E-state index in [1.54, 1.807) is 32.6 Å². The fourth-order valence-electron chi connectivity index (χ4n) is 3.19. The summed E-state index contributed by atoms with van der Waals surface area (Å²) in [5, 5.41) is 9.44. The number of aliphatic carboxylic acids is 1. The molecule has 1 heterocycles. The van der Waals surface area contributed by atoms with Gasteiger partial charge >= 0.3 is 18.0 Å². The molecular weight excluding hydrogens is 314 g/mol. The van der Waals surface area contributed by atoms with Crippen molar-refractivity contribution in [1.82, 2.24) is 4.90 Å². The first kappa shape index (κ1) is 18.3. The maximum absolute atomic E-state index is 12.2. The highest BCUT2D eigenvalue weighted by atomic mass is 16.6. The highest BCUT2D eigenvalue weighted by Crippen LogP contribution is 2.39. The van der Waals surface area contributed by atoms with Crippen molar-refractivity contribution >= 4 is 18.0 Å². The molecule has 0 saturated heterocycles. The van der Waals surface area contributed by atoms with Gasteiger partial charge in [-0.3, -0.25) is 9.59 Å². The van der Waals surface area contributed by atoms with Gasteiger partial charge in [0.2, 0.25) is 0 Å². The van der Waals surface area contributed by atoms with Crippen LogP contribution >= 0.6 is 0 Å². The van der Waals surface area contributed by atoms with Crippen LogP contribution in [0.4, 0.5) is 4.79 Å². The predicted molar refractivity (Wildman–Crippen MR) is 85.3 cm³/mol. The SMILES string of the molecule is CCOC(=O)C1CC2=C(CC1C(=O)O)CN(C(=O)OC(C)(C)C)C2. The molecule has 1 N–H and O–H groups in total. The normalized spacial score (nSPS) is 23.8. The number of nitrogens with zero attached hydrogens (tertiary/aromatic N) is 1. The number of esters is 1. The van der Waals surface area contributed by atoms with E-state index in [2.05, 4.69) is 0 Å². The Balaban J connectivity index is 2.10. The molecule has 0 aromatic carbocycles. The molecule has 1 aliphatic carbocycles. The summed E-state index contributed by atoms with van der Waals surface area (Å²) in [6.45, 7) is 8.05. The van der Waals surface area contributed by atoms with Crippen molar-refractivity contribution in [2.75, 3.05) is 19.7 Å². The van der Waals surface area contributed by atoms with Crippen LogP contribution in [-0.4, -0.2) is 53.3 Å². The maximum atomic E-state index is 12.2. The lowest BCUT2D eigenvalue weighted by atomic mass is 9.76. The van der Waals surface area contributed by atoms with Crippen molar-refractivity contribution in [3.8, 4) is 0 Å². The minimum Gasteiger partial charge on any atom is -0.481 e. The number of ether oxygens (including phenoxy) is 2. The van der Waals surface area contributed by atoms with Gasteiger partial charge in [-0.15, -0.1) is 0 Å². The maximum Gasteiger partial charge on any atom is 0.410 e. The van der Waals surface area contributed by atoms with Gasteiger partial charge in [-0.1, -0.05) is 0 Å². The number of carbonyl (C=O) groups excluding carboxylic acids is 2. The molecule has 2 rings (SSSR count). The molecule has 134 valence electrons. The first-order chi connectivity index (χ1) is 11.1. The van der Waals surface area contributed by atoms with Crippen molar-refractivity contribution < 1.29 is 29.0 Å². The molecule has 2 unspecified atom stereocenters. The number of hydrogen-bond donors (Lipinski definition) is 1. The second-order valence-corrected chi connectivity index (χ2v) is 7.26. The van der Waals surface area contributed by atoms with Gasteiger partial charge in [0.15, 0.2) is 0 Å². The second-order valence-electron chi connectivity index (χ2n) is 7.26. The Bertz CT molecular complexity index is 574. The monoisotopic (exact) mass is 339 g/mol. The van der Waals surface area contributed by atoms with Crippen LogP contribution in [0.25, 0.3) is 0 Å². The van der Waals surface area contributed by atoms with E-state index in [1.807, 2.05) is 0 Å². The minimum atomic E-state index is -1.00. The molecule has 0 saturated carbocycles. The standard InChI is InChI=1S/C17H25NO6/c1-5-23-15(21)13-7-11-9-18(16(22)24-17(2,3)4)8-10(11)6-12(13)14(19)20/h12-13H,5-9H2,1-4H3,(H,19,20). The quantitative estimate of drug-likeness (QED) is 0.626. The molecule has 7 nitrogen and oxygen atoms in total. The third-order valence-electron chi connectivity index (χ3n) is 4.24. The van der Waals surface area contributed by atoms with Gasteiger partial charge in [-0.2, -0.15) is 0 Å². The van der Waals surface area contributed by atoms with Crippen molar-refractivity contribution in [3.63, 3.8) is 0 Å². The molecule has 24 heavy (non-hydrogen) atoms.